The van der Waals surface area contributed by atoms with E-state index in [1.54, 1.807) is 7.11 Å². The Morgan fingerprint density at radius 3 is 2.24 bits per heavy atom. The molecule has 0 bridgehead atoms. The molecule has 0 aliphatic carbocycles. The number of nitrogens with zero attached hydrogens (tertiary/aromatic N) is 2. The highest BCUT2D eigenvalue weighted by molar-refractivity contribution is 5.94. The van der Waals surface area contributed by atoms with Crippen molar-refractivity contribution >= 4 is 5.91 Å². The molecule has 1 aromatic heterocycles. The zero-order chi connectivity index (χ0) is 20.1. The van der Waals surface area contributed by atoms with Gasteiger partial charge in [0.1, 0.15) is 11.6 Å². The van der Waals surface area contributed by atoms with Gasteiger partial charge in [0.2, 0.25) is 0 Å². The first kappa shape index (κ1) is 18.4. The monoisotopic (exact) mass is 384 g/mol. The van der Waals surface area contributed by atoms with Crippen molar-refractivity contribution in [1.29, 1.82) is 0 Å². The van der Waals surface area contributed by atoms with Crippen molar-refractivity contribution < 1.29 is 9.53 Å². The standard InChI is InChI=1S/C23H20N4O2/c1-29-20-13-11-18(12-14-20)22-25-21(26-27-22)15-24-23(28)19-9-7-17(8-10-19)16-5-3-2-4-6-16/h2-14H,15H2,1H3,(H,24,28)(H,25,26,27). The van der Waals surface area contributed by atoms with Crippen LogP contribution in [0.4, 0.5) is 0 Å². The van der Waals surface area contributed by atoms with E-state index < -0.39 is 0 Å². The first-order chi connectivity index (χ1) is 14.2. The number of nitrogens with one attached hydrogen (secondary N) is 2. The third-order valence-corrected chi connectivity index (χ3v) is 4.55. The van der Waals surface area contributed by atoms with Crippen LogP contribution in [0, 0.1) is 0 Å². The van der Waals surface area contributed by atoms with Crippen molar-refractivity contribution in [2.45, 2.75) is 6.54 Å². The summed E-state index contributed by atoms with van der Waals surface area (Å²) in [4.78, 5) is 16.9. The van der Waals surface area contributed by atoms with Crippen LogP contribution in [0.25, 0.3) is 22.5 Å². The summed E-state index contributed by atoms with van der Waals surface area (Å²) >= 11 is 0. The molecule has 1 heterocycles. The first-order valence-corrected chi connectivity index (χ1v) is 9.22. The summed E-state index contributed by atoms with van der Waals surface area (Å²) in [6, 6.07) is 25.1. The number of aromatic nitrogens is 3. The van der Waals surface area contributed by atoms with Crippen LogP contribution in [-0.4, -0.2) is 28.2 Å². The molecule has 0 saturated heterocycles. The summed E-state index contributed by atoms with van der Waals surface area (Å²) in [6.07, 6.45) is 0. The fraction of sp³-hybridized carbons (Fsp3) is 0.0870. The summed E-state index contributed by atoms with van der Waals surface area (Å²) in [5, 5.41) is 9.94. The van der Waals surface area contributed by atoms with Crippen LogP contribution in [0.2, 0.25) is 0 Å². The lowest BCUT2D eigenvalue weighted by Crippen LogP contribution is -2.23. The van der Waals surface area contributed by atoms with E-state index in [1.165, 1.54) is 0 Å². The van der Waals surface area contributed by atoms with Crippen molar-refractivity contribution in [3.8, 4) is 28.3 Å². The average Bonchev–Trinajstić information content (AvgIpc) is 3.27. The number of rotatable bonds is 6. The zero-order valence-corrected chi connectivity index (χ0v) is 15.9. The van der Waals surface area contributed by atoms with Crippen LogP contribution < -0.4 is 10.1 Å². The van der Waals surface area contributed by atoms with Gasteiger partial charge in [-0.3, -0.25) is 9.89 Å². The van der Waals surface area contributed by atoms with Crippen LogP contribution in [0.5, 0.6) is 5.75 Å². The number of hydrogen-bond acceptors (Lipinski definition) is 4. The molecule has 6 nitrogen and oxygen atoms in total. The van der Waals surface area contributed by atoms with Crippen molar-refractivity contribution in [2.75, 3.05) is 7.11 Å². The Kier molecular flexibility index (Phi) is 5.33. The Morgan fingerprint density at radius 1 is 0.897 bits per heavy atom. The quantitative estimate of drug-likeness (QED) is 0.525. The Labute approximate surface area is 168 Å². The van der Waals surface area contributed by atoms with Gasteiger partial charge in [-0.05, 0) is 47.5 Å². The number of carbonyl (C=O) groups excluding carboxylic acids is 1. The lowest BCUT2D eigenvalue weighted by atomic mass is 10.0. The Balaban J connectivity index is 1.38. The topological polar surface area (TPSA) is 79.9 Å². The number of carbonyl (C=O) groups is 1. The molecule has 0 aliphatic heterocycles. The van der Waals surface area contributed by atoms with E-state index in [9.17, 15) is 4.79 Å². The summed E-state index contributed by atoms with van der Waals surface area (Å²) in [5.41, 5.74) is 3.66. The van der Waals surface area contributed by atoms with Gasteiger partial charge in [-0.15, -0.1) is 0 Å². The number of ether oxygens (including phenoxy) is 1. The van der Waals surface area contributed by atoms with Gasteiger partial charge in [-0.2, -0.15) is 5.10 Å². The highest BCUT2D eigenvalue weighted by Gasteiger charge is 2.09. The fourth-order valence-electron chi connectivity index (χ4n) is 2.95. The van der Waals surface area contributed by atoms with Crippen LogP contribution in [0.3, 0.4) is 0 Å². The Morgan fingerprint density at radius 2 is 1.55 bits per heavy atom. The second-order valence-corrected chi connectivity index (χ2v) is 6.46. The van der Waals surface area contributed by atoms with E-state index in [0.29, 0.717) is 17.2 Å². The molecular weight excluding hydrogens is 364 g/mol. The maximum absolute atomic E-state index is 12.4. The SMILES string of the molecule is COc1ccc(-c2n[nH]c(CNC(=O)c3ccc(-c4ccccc4)cc3)n2)cc1. The molecule has 0 aliphatic rings. The molecular formula is C23H20N4O2. The van der Waals surface area contributed by atoms with Gasteiger partial charge < -0.3 is 10.1 Å². The minimum Gasteiger partial charge on any atom is -0.497 e. The molecule has 0 unspecified atom stereocenters. The van der Waals surface area contributed by atoms with E-state index in [0.717, 1.165) is 22.4 Å². The molecule has 6 heteroatoms. The molecule has 1 amide bonds. The van der Waals surface area contributed by atoms with Crippen molar-refractivity contribution in [3.05, 3.63) is 90.3 Å². The first-order valence-electron chi connectivity index (χ1n) is 9.22. The van der Waals surface area contributed by atoms with E-state index in [-0.39, 0.29) is 12.5 Å². The van der Waals surface area contributed by atoms with E-state index >= 15 is 0 Å². The maximum atomic E-state index is 12.4. The van der Waals surface area contributed by atoms with E-state index in [2.05, 4.69) is 20.5 Å². The molecule has 3 aromatic carbocycles. The molecule has 0 spiro atoms. The van der Waals surface area contributed by atoms with Gasteiger partial charge in [-0.1, -0.05) is 42.5 Å². The molecule has 144 valence electrons. The average molecular weight is 384 g/mol. The molecule has 4 aromatic rings. The summed E-state index contributed by atoms with van der Waals surface area (Å²) in [5.74, 6) is 1.77. The van der Waals surface area contributed by atoms with Gasteiger partial charge in [0.25, 0.3) is 5.91 Å². The minimum atomic E-state index is -0.160. The third-order valence-electron chi connectivity index (χ3n) is 4.55. The predicted octanol–water partition coefficient (Wildman–Crippen LogP) is 4.08. The number of hydrogen-bond donors (Lipinski definition) is 2. The molecule has 0 atom stereocenters. The van der Waals surface area contributed by atoms with Gasteiger partial charge in [-0.25, -0.2) is 4.98 Å². The molecule has 29 heavy (non-hydrogen) atoms. The van der Waals surface area contributed by atoms with Crippen LogP contribution in [0.15, 0.2) is 78.9 Å². The van der Waals surface area contributed by atoms with Crippen molar-refractivity contribution in [2.24, 2.45) is 0 Å². The van der Waals surface area contributed by atoms with Crippen LogP contribution >= 0.6 is 0 Å². The highest BCUT2D eigenvalue weighted by Crippen LogP contribution is 2.20. The zero-order valence-electron chi connectivity index (χ0n) is 15.9. The maximum Gasteiger partial charge on any atom is 0.251 e. The highest BCUT2D eigenvalue weighted by atomic mass is 16.5. The normalized spacial score (nSPS) is 10.5. The van der Waals surface area contributed by atoms with Gasteiger partial charge in [0.15, 0.2) is 5.82 Å². The molecule has 0 radical (unpaired) electrons. The van der Waals surface area contributed by atoms with Crippen LogP contribution in [-0.2, 0) is 6.54 Å². The molecule has 4 rings (SSSR count). The largest absolute Gasteiger partial charge is 0.497 e. The number of aromatic amines is 1. The predicted molar refractivity (Wildman–Crippen MR) is 111 cm³/mol. The van der Waals surface area contributed by atoms with E-state index in [1.807, 2.05) is 78.9 Å². The summed E-state index contributed by atoms with van der Waals surface area (Å²) in [6.45, 7) is 0.266. The van der Waals surface area contributed by atoms with Gasteiger partial charge >= 0.3 is 0 Å². The third kappa shape index (κ3) is 4.32. The number of methoxy groups -OCH3 is 1. The smallest absolute Gasteiger partial charge is 0.251 e. The fourth-order valence-corrected chi connectivity index (χ4v) is 2.95. The number of amides is 1. The number of H-pyrrole nitrogens is 1. The lowest BCUT2D eigenvalue weighted by Gasteiger charge is -2.05. The second kappa shape index (κ2) is 8.39. The second-order valence-electron chi connectivity index (χ2n) is 6.46. The molecule has 2 N–H and O–H groups in total. The van der Waals surface area contributed by atoms with Crippen molar-refractivity contribution in [1.82, 2.24) is 20.5 Å². The Bertz CT molecular complexity index is 1090. The molecule has 0 fully saturated rings. The van der Waals surface area contributed by atoms with Crippen LogP contribution in [0.1, 0.15) is 16.2 Å². The minimum absolute atomic E-state index is 0.160. The summed E-state index contributed by atoms with van der Waals surface area (Å²) in [7, 11) is 1.62. The van der Waals surface area contributed by atoms with E-state index in [4.69, 9.17) is 4.74 Å². The molecule has 0 saturated carbocycles. The lowest BCUT2D eigenvalue weighted by molar-refractivity contribution is 0.0950. The van der Waals surface area contributed by atoms with Gasteiger partial charge in [0, 0.05) is 11.1 Å². The summed E-state index contributed by atoms with van der Waals surface area (Å²) < 4.78 is 5.15. The van der Waals surface area contributed by atoms with Gasteiger partial charge in [0.05, 0.1) is 13.7 Å². The van der Waals surface area contributed by atoms with Crippen molar-refractivity contribution in [3.63, 3.8) is 0 Å². The Hall–Kier alpha value is -3.93. The number of benzene rings is 3.